The first-order valence-corrected chi connectivity index (χ1v) is 5.25. The van der Waals surface area contributed by atoms with E-state index in [1.807, 2.05) is 19.2 Å². The van der Waals surface area contributed by atoms with Gasteiger partial charge in [-0.15, -0.1) is 0 Å². The average molecular weight is 209 g/mol. The normalized spacial score (nSPS) is 12.5. The van der Waals surface area contributed by atoms with E-state index in [4.69, 9.17) is 4.74 Å². The van der Waals surface area contributed by atoms with Crippen molar-refractivity contribution >= 4 is 0 Å². The zero-order valence-electron chi connectivity index (χ0n) is 9.58. The van der Waals surface area contributed by atoms with Crippen LogP contribution in [0, 0.1) is 0 Å². The van der Waals surface area contributed by atoms with Crippen LogP contribution in [0.4, 0.5) is 0 Å². The van der Waals surface area contributed by atoms with Gasteiger partial charge in [0.05, 0.1) is 7.11 Å². The molecule has 0 spiro atoms. The highest BCUT2D eigenvalue weighted by molar-refractivity contribution is 5.47. The van der Waals surface area contributed by atoms with Crippen LogP contribution in [0.15, 0.2) is 18.2 Å². The van der Waals surface area contributed by atoms with Gasteiger partial charge in [-0.25, -0.2) is 0 Å². The van der Waals surface area contributed by atoms with Crippen molar-refractivity contribution < 1.29 is 9.84 Å². The third-order valence-corrected chi connectivity index (χ3v) is 2.63. The molecule has 1 aromatic carbocycles. The molecule has 1 aromatic rings. The van der Waals surface area contributed by atoms with Gasteiger partial charge in [0.1, 0.15) is 0 Å². The monoisotopic (exact) mass is 209 g/mol. The summed E-state index contributed by atoms with van der Waals surface area (Å²) in [5, 5.41) is 13.1. The van der Waals surface area contributed by atoms with E-state index < -0.39 is 0 Å². The number of phenolic OH excluding ortho intramolecular Hbond substituents is 1. The molecular formula is C12H19NO2. The lowest BCUT2D eigenvalue weighted by molar-refractivity contribution is 0.367. The van der Waals surface area contributed by atoms with Gasteiger partial charge in [-0.05, 0) is 25.5 Å². The van der Waals surface area contributed by atoms with Crippen molar-refractivity contribution in [1.82, 2.24) is 5.32 Å². The first-order chi connectivity index (χ1) is 7.24. The zero-order valence-corrected chi connectivity index (χ0v) is 9.58. The number of nitrogens with one attached hydrogen (secondary N) is 1. The van der Waals surface area contributed by atoms with Crippen LogP contribution in [0.25, 0.3) is 0 Å². The van der Waals surface area contributed by atoms with Crippen LogP contribution in [0.1, 0.15) is 24.8 Å². The van der Waals surface area contributed by atoms with E-state index in [-0.39, 0.29) is 5.75 Å². The molecule has 1 unspecified atom stereocenters. The molecule has 2 N–H and O–H groups in total. The van der Waals surface area contributed by atoms with E-state index in [0.29, 0.717) is 11.7 Å². The Labute approximate surface area is 91.1 Å². The highest BCUT2D eigenvalue weighted by Gasteiger charge is 2.15. The summed E-state index contributed by atoms with van der Waals surface area (Å²) in [6.45, 7) is 2.97. The summed E-state index contributed by atoms with van der Waals surface area (Å²) in [6, 6.07) is 5.63. The molecule has 1 rings (SSSR count). The highest BCUT2D eigenvalue weighted by Crippen LogP contribution is 2.35. The molecule has 15 heavy (non-hydrogen) atoms. The summed E-state index contributed by atoms with van der Waals surface area (Å²) in [5.74, 6) is 1.13. The number of hydrogen-bond donors (Lipinski definition) is 2. The third kappa shape index (κ3) is 2.63. The van der Waals surface area contributed by atoms with Gasteiger partial charge in [-0.1, -0.05) is 19.1 Å². The number of ether oxygens (including phenoxy) is 1. The minimum Gasteiger partial charge on any atom is -0.504 e. The van der Waals surface area contributed by atoms with Crippen LogP contribution in [-0.2, 0) is 0 Å². The standard InChI is InChI=1S/C12H19NO2/c1-4-9(8-13-2)10-6-5-7-11(15-3)12(10)14/h5-7,9,13-14H,4,8H2,1-3H3. The van der Waals surface area contributed by atoms with Crippen LogP contribution in [0.5, 0.6) is 11.5 Å². The van der Waals surface area contributed by atoms with E-state index in [9.17, 15) is 5.11 Å². The van der Waals surface area contributed by atoms with Crippen LogP contribution in [0.3, 0.4) is 0 Å². The van der Waals surface area contributed by atoms with Gasteiger partial charge in [0.2, 0.25) is 0 Å². The first kappa shape index (κ1) is 11.9. The minimum atomic E-state index is 0.266. The quantitative estimate of drug-likeness (QED) is 0.780. The molecule has 1 atom stereocenters. The number of hydrogen-bond acceptors (Lipinski definition) is 3. The zero-order chi connectivity index (χ0) is 11.3. The second kappa shape index (κ2) is 5.61. The summed E-state index contributed by atoms with van der Waals surface area (Å²) < 4.78 is 5.09. The molecule has 3 nitrogen and oxygen atoms in total. The molecule has 0 heterocycles. The number of rotatable bonds is 5. The molecule has 0 radical (unpaired) electrons. The second-order valence-electron chi connectivity index (χ2n) is 3.56. The molecule has 3 heteroatoms. The smallest absolute Gasteiger partial charge is 0.161 e. The summed E-state index contributed by atoms with van der Waals surface area (Å²) in [5.41, 5.74) is 0.950. The van der Waals surface area contributed by atoms with Gasteiger partial charge in [0, 0.05) is 12.1 Å². The highest BCUT2D eigenvalue weighted by atomic mass is 16.5. The Bertz CT molecular complexity index is 312. The molecule has 0 aromatic heterocycles. The van der Waals surface area contributed by atoms with E-state index in [2.05, 4.69) is 12.2 Å². The fourth-order valence-electron chi connectivity index (χ4n) is 1.75. The Kier molecular flexibility index (Phi) is 4.43. The number of phenols is 1. The molecule has 0 amide bonds. The van der Waals surface area contributed by atoms with Gasteiger partial charge in [-0.3, -0.25) is 0 Å². The average Bonchev–Trinajstić information content (AvgIpc) is 2.27. The van der Waals surface area contributed by atoms with E-state index in [1.165, 1.54) is 0 Å². The first-order valence-electron chi connectivity index (χ1n) is 5.25. The van der Waals surface area contributed by atoms with Crippen molar-refractivity contribution in [3.63, 3.8) is 0 Å². The maximum atomic E-state index is 9.96. The van der Waals surface area contributed by atoms with Crippen LogP contribution >= 0.6 is 0 Å². The number of benzene rings is 1. The molecule has 84 valence electrons. The Morgan fingerprint density at radius 3 is 2.73 bits per heavy atom. The number of aromatic hydroxyl groups is 1. The Balaban J connectivity index is 3.01. The number of methoxy groups -OCH3 is 1. The molecule has 0 saturated carbocycles. The maximum Gasteiger partial charge on any atom is 0.161 e. The summed E-state index contributed by atoms with van der Waals surface area (Å²) in [7, 11) is 3.48. The van der Waals surface area contributed by atoms with Gasteiger partial charge >= 0.3 is 0 Å². The van der Waals surface area contributed by atoms with Crippen LogP contribution in [-0.4, -0.2) is 25.8 Å². The largest absolute Gasteiger partial charge is 0.504 e. The lowest BCUT2D eigenvalue weighted by Crippen LogP contribution is -2.16. The SMILES string of the molecule is CCC(CNC)c1cccc(OC)c1O. The predicted molar refractivity (Wildman–Crippen MR) is 61.6 cm³/mol. The van der Waals surface area contributed by atoms with Gasteiger partial charge in [0.15, 0.2) is 11.5 Å². The topological polar surface area (TPSA) is 41.5 Å². The van der Waals surface area contributed by atoms with E-state index in [0.717, 1.165) is 18.5 Å². The van der Waals surface area contributed by atoms with Crippen molar-refractivity contribution in [3.8, 4) is 11.5 Å². The maximum absolute atomic E-state index is 9.96. The van der Waals surface area contributed by atoms with Crippen molar-refractivity contribution in [2.45, 2.75) is 19.3 Å². The number of likely N-dealkylation sites (N-methyl/N-ethyl adjacent to an activating group) is 1. The fraction of sp³-hybridized carbons (Fsp3) is 0.500. The molecule has 0 aliphatic heterocycles. The lowest BCUT2D eigenvalue weighted by Gasteiger charge is -2.17. The van der Waals surface area contributed by atoms with Crippen LogP contribution < -0.4 is 10.1 Å². The summed E-state index contributed by atoms with van der Waals surface area (Å²) in [4.78, 5) is 0. The molecule has 0 saturated heterocycles. The van der Waals surface area contributed by atoms with Crippen molar-refractivity contribution in [2.75, 3.05) is 20.7 Å². The van der Waals surface area contributed by atoms with Crippen molar-refractivity contribution in [3.05, 3.63) is 23.8 Å². The van der Waals surface area contributed by atoms with Gasteiger partial charge in [0.25, 0.3) is 0 Å². The predicted octanol–water partition coefficient (Wildman–Crippen LogP) is 2.11. The molecule has 0 bridgehead atoms. The molecule has 0 aliphatic carbocycles. The van der Waals surface area contributed by atoms with Crippen molar-refractivity contribution in [1.29, 1.82) is 0 Å². The second-order valence-corrected chi connectivity index (χ2v) is 3.56. The number of para-hydroxylation sites is 1. The van der Waals surface area contributed by atoms with E-state index in [1.54, 1.807) is 13.2 Å². The van der Waals surface area contributed by atoms with Crippen LogP contribution in [0.2, 0.25) is 0 Å². The minimum absolute atomic E-state index is 0.266. The molecule has 0 fully saturated rings. The summed E-state index contributed by atoms with van der Waals surface area (Å²) in [6.07, 6.45) is 0.988. The Morgan fingerprint density at radius 2 is 2.20 bits per heavy atom. The molecular weight excluding hydrogens is 190 g/mol. The third-order valence-electron chi connectivity index (χ3n) is 2.63. The lowest BCUT2D eigenvalue weighted by atomic mass is 9.95. The molecule has 0 aliphatic rings. The Hall–Kier alpha value is -1.22. The Morgan fingerprint density at radius 1 is 1.47 bits per heavy atom. The van der Waals surface area contributed by atoms with Crippen molar-refractivity contribution in [2.24, 2.45) is 0 Å². The summed E-state index contributed by atoms with van der Waals surface area (Å²) >= 11 is 0. The van der Waals surface area contributed by atoms with Gasteiger partial charge < -0.3 is 15.2 Å². The van der Waals surface area contributed by atoms with E-state index >= 15 is 0 Å². The fourth-order valence-corrected chi connectivity index (χ4v) is 1.75. The van der Waals surface area contributed by atoms with Gasteiger partial charge in [-0.2, -0.15) is 0 Å².